The first-order valence-corrected chi connectivity index (χ1v) is 9.70. The van der Waals surface area contributed by atoms with Gasteiger partial charge in [0.2, 0.25) is 0 Å². The van der Waals surface area contributed by atoms with Crippen molar-refractivity contribution in [1.82, 2.24) is 9.71 Å². The summed E-state index contributed by atoms with van der Waals surface area (Å²) < 4.78 is 26.5. The zero-order valence-electron chi connectivity index (χ0n) is 13.0. The van der Waals surface area contributed by atoms with Crippen LogP contribution in [0.4, 0.5) is 5.69 Å². The summed E-state index contributed by atoms with van der Waals surface area (Å²) in [6.07, 6.45) is 3.89. The average molecular weight is 373 g/mol. The number of amides is 1. The van der Waals surface area contributed by atoms with Crippen LogP contribution in [0.1, 0.15) is 21.5 Å². The number of nitrogens with one attached hydrogen (secondary N) is 1. The Morgan fingerprint density at radius 3 is 2.72 bits per heavy atom. The minimum Gasteiger partial charge on any atom is -0.398 e. The van der Waals surface area contributed by atoms with Crippen LogP contribution in [-0.4, -0.2) is 19.3 Å². The molecule has 0 atom stereocenters. The van der Waals surface area contributed by atoms with E-state index < -0.39 is 15.9 Å². The first-order valence-electron chi connectivity index (χ1n) is 7.34. The van der Waals surface area contributed by atoms with Gasteiger partial charge >= 0.3 is 0 Å². The highest BCUT2D eigenvalue weighted by Crippen LogP contribution is 2.20. The van der Waals surface area contributed by atoms with Gasteiger partial charge in [0.05, 0.1) is 0 Å². The number of anilines is 1. The Balaban J connectivity index is 1.83. The van der Waals surface area contributed by atoms with Crippen molar-refractivity contribution in [2.24, 2.45) is 0 Å². The number of thiophene rings is 1. The largest absolute Gasteiger partial charge is 0.398 e. The molecule has 3 rings (SSSR count). The van der Waals surface area contributed by atoms with Crippen LogP contribution in [0.2, 0.25) is 0 Å². The molecule has 0 spiro atoms. The van der Waals surface area contributed by atoms with Crippen molar-refractivity contribution in [3.63, 3.8) is 0 Å². The van der Waals surface area contributed by atoms with Gasteiger partial charge in [-0.15, -0.1) is 11.3 Å². The Morgan fingerprint density at radius 2 is 2.04 bits per heavy atom. The SMILES string of the molecule is Nc1ccc(C(=O)NS(=O)(=O)c2cccs2)cc1Cc1cccnc1. The van der Waals surface area contributed by atoms with E-state index in [4.69, 9.17) is 5.73 Å². The summed E-state index contributed by atoms with van der Waals surface area (Å²) in [5.74, 6) is -0.694. The maximum atomic E-state index is 12.3. The van der Waals surface area contributed by atoms with Crippen LogP contribution in [0, 0.1) is 0 Å². The molecule has 3 N–H and O–H groups in total. The lowest BCUT2D eigenvalue weighted by Gasteiger charge is -2.09. The number of aromatic nitrogens is 1. The molecule has 0 saturated carbocycles. The number of carbonyl (C=O) groups is 1. The van der Waals surface area contributed by atoms with Crippen molar-refractivity contribution >= 4 is 33.0 Å². The van der Waals surface area contributed by atoms with Gasteiger partial charge in [-0.25, -0.2) is 13.1 Å². The molecule has 0 aliphatic rings. The fourth-order valence-corrected chi connectivity index (χ4v) is 4.24. The van der Waals surface area contributed by atoms with Crippen LogP contribution >= 0.6 is 11.3 Å². The van der Waals surface area contributed by atoms with Gasteiger partial charge < -0.3 is 5.73 Å². The highest BCUT2D eigenvalue weighted by molar-refractivity contribution is 7.92. The van der Waals surface area contributed by atoms with E-state index in [2.05, 4.69) is 9.71 Å². The summed E-state index contributed by atoms with van der Waals surface area (Å²) in [6, 6.07) is 11.5. The minimum atomic E-state index is -3.87. The summed E-state index contributed by atoms with van der Waals surface area (Å²) in [7, 11) is -3.87. The quantitative estimate of drug-likeness (QED) is 0.669. The Labute approximate surface area is 149 Å². The molecule has 2 heterocycles. The Morgan fingerprint density at radius 1 is 1.20 bits per heavy atom. The Bertz CT molecular complexity index is 985. The topological polar surface area (TPSA) is 102 Å². The minimum absolute atomic E-state index is 0.0897. The van der Waals surface area contributed by atoms with Crippen molar-refractivity contribution < 1.29 is 13.2 Å². The van der Waals surface area contributed by atoms with E-state index >= 15 is 0 Å². The molecule has 2 aromatic heterocycles. The Hall–Kier alpha value is -2.71. The maximum absolute atomic E-state index is 12.3. The molecular formula is C17H15N3O3S2. The van der Waals surface area contributed by atoms with Crippen LogP contribution in [-0.2, 0) is 16.4 Å². The standard InChI is InChI=1S/C17H15N3O3S2/c18-15-6-5-13(10-14(15)9-12-3-1-7-19-11-12)17(21)20-25(22,23)16-4-2-8-24-16/h1-8,10-11H,9,18H2,(H,20,21). The molecule has 6 nitrogen and oxygen atoms in total. The van der Waals surface area contributed by atoms with Gasteiger partial charge in [-0.05, 0) is 46.8 Å². The molecule has 1 amide bonds. The van der Waals surface area contributed by atoms with Crippen molar-refractivity contribution in [3.05, 3.63) is 76.9 Å². The third-order valence-electron chi connectivity index (χ3n) is 3.51. The van der Waals surface area contributed by atoms with Crippen LogP contribution in [0.3, 0.4) is 0 Å². The highest BCUT2D eigenvalue weighted by atomic mass is 32.2. The number of hydrogen-bond donors (Lipinski definition) is 2. The molecule has 0 bridgehead atoms. The summed E-state index contributed by atoms with van der Waals surface area (Å²) in [6.45, 7) is 0. The summed E-state index contributed by atoms with van der Waals surface area (Å²) >= 11 is 1.04. The fraction of sp³-hybridized carbons (Fsp3) is 0.0588. The average Bonchev–Trinajstić information content (AvgIpc) is 3.13. The van der Waals surface area contributed by atoms with Crippen molar-refractivity contribution in [3.8, 4) is 0 Å². The molecule has 0 aliphatic heterocycles. The molecule has 0 fully saturated rings. The van der Waals surface area contributed by atoms with Gasteiger partial charge in [-0.1, -0.05) is 12.1 Å². The number of sulfonamides is 1. The summed E-state index contributed by atoms with van der Waals surface area (Å²) in [5, 5.41) is 1.63. The first kappa shape index (κ1) is 17.1. The van der Waals surface area contributed by atoms with Gasteiger partial charge in [-0.2, -0.15) is 0 Å². The smallest absolute Gasteiger partial charge is 0.273 e. The predicted molar refractivity (Wildman–Crippen MR) is 96.9 cm³/mol. The van der Waals surface area contributed by atoms with Gasteiger partial charge in [0.15, 0.2) is 0 Å². The van der Waals surface area contributed by atoms with Crippen LogP contribution < -0.4 is 10.5 Å². The molecule has 8 heteroatoms. The monoisotopic (exact) mass is 373 g/mol. The van der Waals surface area contributed by atoms with Gasteiger partial charge in [0.25, 0.3) is 15.9 Å². The number of nitrogens with two attached hydrogens (primary N) is 1. The summed E-state index contributed by atoms with van der Waals surface area (Å²) in [5.41, 5.74) is 8.41. The molecular weight excluding hydrogens is 358 g/mol. The maximum Gasteiger partial charge on any atom is 0.273 e. The predicted octanol–water partition coefficient (Wildman–Crippen LogP) is 2.43. The van der Waals surface area contributed by atoms with Gasteiger partial charge in [0.1, 0.15) is 4.21 Å². The van der Waals surface area contributed by atoms with Crippen LogP contribution in [0.25, 0.3) is 0 Å². The number of benzene rings is 1. The van der Waals surface area contributed by atoms with E-state index in [1.165, 1.54) is 12.1 Å². The van der Waals surface area contributed by atoms with Crippen LogP contribution in [0.15, 0.2) is 64.4 Å². The Kier molecular flexibility index (Phi) is 4.82. The van der Waals surface area contributed by atoms with E-state index in [0.717, 1.165) is 22.5 Å². The van der Waals surface area contributed by atoms with Crippen molar-refractivity contribution in [1.29, 1.82) is 0 Å². The van der Waals surface area contributed by atoms with Gasteiger partial charge in [-0.3, -0.25) is 9.78 Å². The zero-order chi connectivity index (χ0) is 17.9. The number of carbonyl (C=O) groups excluding carboxylic acids is 1. The van der Waals surface area contributed by atoms with E-state index in [9.17, 15) is 13.2 Å². The third kappa shape index (κ3) is 4.04. The number of hydrogen-bond acceptors (Lipinski definition) is 6. The molecule has 3 aromatic rings. The van der Waals surface area contributed by atoms with Crippen molar-refractivity contribution in [2.45, 2.75) is 10.6 Å². The molecule has 0 aliphatic carbocycles. The molecule has 1 aromatic carbocycles. The molecule has 0 unspecified atom stereocenters. The lowest BCUT2D eigenvalue weighted by Crippen LogP contribution is -2.30. The lowest BCUT2D eigenvalue weighted by molar-refractivity contribution is 0.0981. The molecule has 0 radical (unpaired) electrons. The number of pyridine rings is 1. The second-order valence-electron chi connectivity index (χ2n) is 5.32. The number of rotatable bonds is 5. The fourth-order valence-electron chi connectivity index (χ4n) is 2.27. The normalized spacial score (nSPS) is 11.2. The number of nitrogen functional groups attached to an aromatic ring is 1. The highest BCUT2D eigenvalue weighted by Gasteiger charge is 2.20. The van der Waals surface area contributed by atoms with E-state index in [1.54, 1.807) is 36.0 Å². The number of nitrogens with zero attached hydrogens (tertiary/aromatic N) is 1. The third-order valence-corrected chi connectivity index (χ3v) is 6.24. The van der Waals surface area contributed by atoms with Crippen LogP contribution in [0.5, 0.6) is 0 Å². The van der Waals surface area contributed by atoms with Crippen molar-refractivity contribution in [2.75, 3.05) is 5.73 Å². The van der Waals surface area contributed by atoms with E-state index in [-0.39, 0.29) is 9.77 Å². The van der Waals surface area contributed by atoms with Gasteiger partial charge in [0, 0.05) is 30.1 Å². The second kappa shape index (κ2) is 7.04. The lowest BCUT2D eigenvalue weighted by atomic mass is 10.0. The summed E-state index contributed by atoms with van der Waals surface area (Å²) in [4.78, 5) is 16.4. The van der Waals surface area contributed by atoms with E-state index in [1.807, 2.05) is 12.1 Å². The molecule has 25 heavy (non-hydrogen) atoms. The molecule has 128 valence electrons. The molecule has 0 saturated heterocycles. The van der Waals surface area contributed by atoms with E-state index in [0.29, 0.717) is 12.1 Å². The first-order chi connectivity index (χ1) is 12.0. The zero-order valence-corrected chi connectivity index (χ0v) is 14.7. The second-order valence-corrected chi connectivity index (χ2v) is 8.18.